The van der Waals surface area contributed by atoms with Crippen LogP contribution in [0.5, 0.6) is 5.75 Å². The summed E-state index contributed by atoms with van der Waals surface area (Å²) >= 11 is 0. The number of aliphatic hydroxyl groups is 1. The lowest BCUT2D eigenvalue weighted by atomic mass is 9.86. The van der Waals surface area contributed by atoms with Crippen LogP contribution in [-0.4, -0.2) is 32.8 Å². The van der Waals surface area contributed by atoms with Crippen LogP contribution >= 0.6 is 0 Å². The van der Waals surface area contributed by atoms with Crippen LogP contribution in [0, 0.1) is 0 Å². The maximum absolute atomic E-state index is 13.2. The maximum Gasteiger partial charge on any atom is 0.343 e. The number of ether oxygens (including phenoxy) is 1. The minimum atomic E-state index is -1.84. The van der Waals surface area contributed by atoms with Gasteiger partial charge >= 0.3 is 5.97 Å². The molecule has 2 aromatic heterocycles. The molecule has 0 unspecified atom stereocenters. The Balaban J connectivity index is 1.77. The van der Waals surface area contributed by atoms with Crippen molar-refractivity contribution in [3.05, 3.63) is 56.9 Å². The lowest BCUT2D eigenvalue weighted by molar-refractivity contribution is -0.172. The molecular weight excluding hydrogens is 386 g/mol. The molecule has 0 fully saturated rings. The van der Waals surface area contributed by atoms with Crippen molar-refractivity contribution in [2.24, 2.45) is 0 Å². The zero-order valence-electron chi connectivity index (χ0n) is 16.7. The number of nitrogens with zero attached hydrogens (tertiary/aromatic N) is 2. The molecule has 1 aromatic carbocycles. The summed E-state index contributed by atoms with van der Waals surface area (Å²) in [5.41, 5.74) is 1.96. The molecule has 0 bridgehead atoms. The highest BCUT2D eigenvalue weighted by Gasteiger charge is 2.45. The molecule has 0 saturated heterocycles. The number of hydrogen-bond acceptors (Lipinski definition) is 7. The number of aromatic hydroxyl groups is 1. The Morgan fingerprint density at radius 2 is 2.10 bits per heavy atom. The molecule has 2 aliphatic heterocycles. The summed E-state index contributed by atoms with van der Waals surface area (Å²) in [5.74, 6) is -0.552. The topological polar surface area (TPSA) is 114 Å². The number of cyclic esters (lactones) is 1. The zero-order chi connectivity index (χ0) is 21.2. The molecule has 3 aromatic rings. The van der Waals surface area contributed by atoms with Crippen molar-refractivity contribution >= 4 is 16.9 Å². The van der Waals surface area contributed by atoms with Crippen LogP contribution in [-0.2, 0) is 34.8 Å². The van der Waals surface area contributed by atoms with Gasteiger partial charge in [0.15, 0.2) is 5.60 Å². The van der Waals surface area contributed by atoms with Gasteiger partial charge in [-0.25, -0.2) is 9.78 Å². The average molecular weight is 407 g/mol. The second-order valence-electron chi connectivity index (χ2n) is 7.76. The van der Waals surface area contributed by atoms with Gasteiger partial charge in [0.05, 0.1) is 29.0 Å². The molecule has 0 saturated carbocycles. The van der Waals surface area contributed by atoms with Gasteiger partial charge < -0.3 is 24.8 Å². The molecule has 0 aliphatic carbocycles. The van der Waals surface area contributed by atoms with Gasteiger partial charge in [0, 0.05) is 28.6 Å². The van der Waals surface area contributed by atoms with Gasteiger partial charge in [-0.2, -0.15) is 0 Å². The highest BCUT2D eigenvalue weighted by molar-refractivity contribution is 5.89. The summed E-state index contributed by atoms with van der Waals surface area (Å²) in [7, 11) is 1.80. The van der Waals surface area contributed by atoms with Gasteiger partial charge in [-0.1, -0.05) is 6.92 Å². The Morgan fingerprint density at radius 1 is 1.30 bits per heavy atom. The van der Waals surface area contributed by atoms with E-state index in [4.69, 9.17) is 9.72 Å². The normalized spacial score (nSPS) is 19.4. The molecule has 8 heteroatoms. The first kappa shape index (κ1) is 18.8. The third-order valence-electron chi connectivity index (χ3n) is 6.13. The SMILES string of the molecule is CC[C@@]1(O)C(=O)OCc2c1cc1n(c2=O)Cc2cc3c(CNC)c(O)ccc3nc2-1. The summed E-state index contributed by atoms with van der Waals surface area (Å²) < 4.78 is 6.69. The van der Waals surface area contributed by atoms with Crippen LogP contribution in [0.2, 0.25) is 0 Å². The number of pyridine rings is 2. The van der Waals surface area contributed by atoms with E-state index in [1.165, 1.54) is 0 Å². The standard InChI is InChI=1S/C22H21N3O5/c1-3-22(29)15-7-17-19-11(9-25(17)20(27)14(15)10-30-21(22)28)6-12-13(8-23-2)18(26)5-4-16(12)24-19/h4-7,23,26,29H,3,8-10H2,1-2H3/t22-/m0/s1. The highest BCUT2D eigenvalue weighted by atomic mass is 16.6. The fourth-order valence-corrected chi connectivity index (χ4v) is 4.46. The van der Waals surface area contributed by atoms with E-state index < -0.39 is 11.6 Å². The summed E-state index contributed by atoms with van der Waals surface area (Å²) in [6.45, 7) is 2.33. The first-order chi connectivity index (χ1) is 14.4. The second kappa shape index (κ2) is 6.38. The van der Waals surface area contributed by atoms with Crippen molar-refractivity contribution in [1.29, 1.82) is 0 Å². The Labute approximate surface area is 171 Å². The van der Waals surface area contributed by atoms with Crippen LogP contribution in [0.4, 0.5) is 0 Å². The van der Waals surface area contributed by atoms with Crippen LogP contribution in [0.3, 0.4) is 0 Å². The van der Waals surface area contributed by atoms with Crippen molar-refractivity contribution in [2.75, 3.05) is 7.05 Å². The quantitative estimate of drug-likeness (QED) is 0.441. The first-order valence-electron chi connectivity index (χ1n) is 9.85. The van der Waals surface area contributed by atoms with Gasteiger partial charge in [-0.15, -0.1) is 0 Å². The molecule has 0 amide bonds. The molecule has 2 aliphatic rings. The third kappa shape index (κ3) is 2.37. The Morgan fingerprint density at radius 3 is 2.83 bits per heavy atom. The number of fused-ring (bicyclic) bond motifs is 5. The van der Waals surface area contributed by atoms with E-state index >= 15 is 0 Å². The minimum Gasteiger partial charge on any atom is -0.508 e. The number of hydrogen-bond donors (Lipinski definition) is 3. The molecule has 154 valence electrons. The molecule has 8 nitrogen and oxygen atoms in total. The van der Waals surface area contributed by atoms with E-state index in [2.05, 4.69) is 5.32 Å². The largest absolute Gasteiger partial charge is 0.508 e. The monoisotopic (exact) mass is 407 g/mol. The minimum absolute atomic E-state index is 0.104. The van der Waals surface area contributed by atoms with E-state index in [1.54, 1.807) is 36.7 Å². The van der Waals surface area contributed by atoms with Crippen LogP contribution < -0.4 is 10.9 Å². The third-order valence-corrected chi connectivity index (χ3v) is 6.13. The number of carbonyl (C=O) groups excluding carboxylic acids is 1. The van der Waals surface area contributed by atoms with E-state index in [0.29, 0.717) is 41.1 Å². The fourth-order valence-electron chi connectivity index (χ4n) is 4.46. The summed E-state index contributed by atoms with van der Waals surface area (Å²) in [6.07, 6.45) is 0.104. The Kier molecular flexibility index (Phi) is 4.00. The number of nitrogens with one attached hydrogen (secondary N) is 1. The predicted molar refractivity (Wildman–Crippen MR) is 109 cm³/mol. The van der Waals surface area contributed by atoms with Crippen molar-refractivity contribution in [2.45, 2.75) is 38.6 Å². The smallest absolute Gasteiger partial charge is 0.343 e. The number of benzene rings is 1. The Hall–Kier alpha value is -3.23. The van der Waals surface area contributed by atoms with Crippen molar-refractivity contribution in [3.63, 3.8) is 0 Å². The van der Waals surface area contributed by atoms with Crippen molar-refractivity contribution in [1.82, 2.24) is 14.9 Å². The molecule has 3 N–H and O–H groups in total. The summed E-state index contributed by atoms with van der Waals surface area (Å²) in [6, 6.07) is 6.99. The molecule has 0 radical (unpaired) electrons. The average Bonchev–Trinajstić information content (AvgIpc) is 3.10. The van der Waals surface area contributed by atoms with Gasteiger partial charge in [0.2, 0.25) is 0 Å². The first-order valence-corrected chi connectivity index (χ1v) is 9.85. The summed E-state index contributed by atoms with van der Waals surface area (Å²) in [4.78, 5) is 30.2. The highest BCUT2D eigenvalue weighted by Crippen LogP contribution is 2.39. The van der Waals surface area contributed by atoms with E-state index in [9.17, 15) is 19.8 Å². The lowest BCUT2D eigenvalue weighted by Gasteiger charge is -2.31. The van der Waals surface area contributed by atoms with E-state index in [0.717, 1.165) is 16.5 Å². The van der Waals surface area contributed by atoms with Gasteiger partial charge in [-0.3, -0.25) is 4.79 Å². The number of phenols is 1. The van der Waals surface area contributed by atoms with Crippen molar-refractivity contribution < 1.29 is 19.7 Å². The van der Waals surface area contributed by atoms with E-state index in [1.807, 2.05) is 6.07 Å². The van der Waals surface area contributed by atoms with Crippen molar-refractivity contribution in [3.8, 4) is 17.1 Å². The molecule has 30 heavy (non-hydrogen) atoms. The molecule has 1 atom stereocenters. The van der Waals surface area contributed by atoms with Gasteiger partial charge in [0.1, 0.15) is 12.4 Å². The lowest BCUT2D eigenvalue weighted by Crippen LogP contribution is -2.44. The number of rotatable bonds is 3. The Bertz CT molecular complexity index is 1300. The van der Waals surface area contributed by atoms with Crippen LogP contribution in [0.15, 0.2) is 29.1 Å². The zero-order valence-corrected chi connectivity index (χ0v) is 16.7. The predicted octanol–water partition coefficient (Wildman–Crippen LogP) is 1.50. The number of esters is 1. The molecule has 4 heterocycles. The van der Waals surface area contributed by atoms with Gasteiger partial charge in [-0.05, 0) is 37.7 Å². The van der Waals surface area contributed by atoms with Crippen LogP contribution in [0.25, 0.3) is 22.3 Å². The second-order valence-corrected chi connectivity index (χ2v) is 7.76. The van der Waals surface area contributed by atoms with Gasteiger partial charge in [0.25, 0.3) is 5.56 Å². The van der Waals surface area contributed by atoms with Crippen LogP contribution in [0.1, 0.15) is 35.6 Å². The number of carbonyl (C=O) groups is 1. The fraction of sp³-hybridized carbons (Fsp3) is 0.318. The molecule has 0 spiro atoms. The molecular formula is C22H21N3O5. The maximum atomic E-state index is 13.2. The molecule has 5 rings (SSSR count). The number of aromatic nitrogens is 2. The van der Waals surface area contributed by atoms with E-state index in [-0.39, 0.29) is 24.3 Å². The number of phenolic OH excluding ortho intramolecular Hbond substituents is 1. The summed E-state index contributed by atoms with van der Waals surface area (Å²) in [5, 5.41) is 25.1.